The molecule has 0 aliphatic carbocycles. The van der Waals surface area contributed by atoms with E-state index in [0.717, 1.165) is 0 Å². The number of hydrogen-bond donors (Lipinski definition) is 2. The van der Waals surface area contributed by atoms with E-state index in [4.69, 9.17) is 4.74 Å². The first kappa shape index (κ1) is 13.6. The zero-order valence-electron chi connectivity index (χ0n) is 10.7. The Bertz CT molecular complexity index is 490. The molecular weight excluding hydrogens is 246 g/mol. The molecule has 5 heteroatoms. The molecule has 0 spiro atoms. The van der Waals surface area contributed by atoms with Gasteiger partial charge in [0, 0.05) is 17.3 Å². The van der Waals surface area contributed by atoms with Crippen molar-refractivity contribution in [3.8, 4) is 5.75 Å². The van der Waals surface area contributed by atoms with E-state index in [1.165, 1.54) is 4.90 Å². The number of benzene rings is 1. The van der Waals surface area contributed by atoms with Gasteiger partial charge < -0.3 is 19.8 Å². The fourth-order valence-corrected chi connectivity index (χ4v) is 2.02. The van der Waals surface area contributed by atoms with Gasteiger partial charge in [-0.2, -0.15) is 0 Å². The molecule has 1 fully saturated rings. The third-order valence-corrected chi connectivity index (χ3v) is 3.00. The maximum Gasteiger partial charge on any atom is 0.338 e. The summed E-state index contributed by atoms with van der Waals surface area (Å²) >= 11 is 0. The van der Waals surface area contributed by atoms with Gasteiger partial charge in [0.1, 0.15) is 18.2 Å². The van der Waals surface area contributed by atoms with Gasteiger partial charge in [0.05, 0.1) is 0 Å². The van der Waals surface area contributed by atoms with Crippen molar-refractivity contribution in [2.45, 2.75) is 32.2 Å². The van der Waals surface area contributed by atoms with Gasteiger partial charge in [0.2, 0.25) is 0 Å². The molecule has 0 radical (unpaired) electrons. The predicted octanol–water partition coefficient (Wildman–Crippen LogP) is 1.41. The summed E-state index contributed by atoms with van der Waals surface area (Å²) in [5, 5.41) is 19.6. The Morgan fingerprint density at radius 2 is 2.00 bits per heavy atom. The van der Waals surface area contributed by atoms with Crippen molar-refractivity contribution in [1.29, 1.82) is 0 Å². The highest BCUT2D eigenvalue weighted by Crippen LogP contribution is 2.30. The molecule has 1 aromatic carbocycles. The molecule has 1 saturated heterocycles. The highest BCUT2D eigenvalue weighted by Gasteiger charge is 2.30. The second-order valence-corrected chi connectivity index (χ2v) is 4.61. The third kappa shape index (κ3) is 2.94. The predicted molar refractivity (Wildman–Crippen MR) is 70.6 cm³/mol. The molecule has 2 N–H and O–H groups in total. The molecule has 2 rings (SSSR count). The van der Waals surface area contributed by atoms with Crippen LogP contribution in [-0.2, 0) is 4.79 Å². The number of esters is 1. The van der Waals surface area contributed by atoms with E-state index in [9.17, 15) is 15.0 Å². The van der Waals surface area contributed by atoms with Gasteiger partial charge in [-0.05, 0) is 31.9 Å². The normalized spacial score (nSPS) is 22.4. The average Bonchev–Trinajstić information content (AvgIpc) is 2.69. The van der Waals surface area contributed by atoms with Crippen LogP contribution in [0.5, 0.6) is 5.75 Å². The summed E-state index contributed by atoms with van der Waals surface area (Å²) in [4.78, 5) is 12.9. The third-order valence-electron chi connectivity index (χ3n) is 3.00. The van der Waals surface area contributed by atoms with Crippen molar-refractivity contribution in [3.05, 3.63) is 36.4 Å². The summed E-state index contributed by atoms with van der Waals surface area (Å²) < 4.78 is 5.12. The van der Waals surface area contributed by atoms with Crippen LogP contribution < -0.4 is 9.64 Å². The van der Waals surface area contributed by atoms with Crippen molar-refractivity contribution in [3.63, 3.8) is 0 Å². The molecule has 1 aliphatic heterocycles. The van der Waals surface area contributed by atoms with Crippen LogP contribution in [0.2, 0.25) is 0 Å². The van der Waals surface area contributed by atoms with Gasteiger partial charge in [0.15, 0.2) is 0 Å². The number of rotatable bonds is 3. The lowest BCUT2D eigenvalue weighted by molar-refractivity contribution is -0.130. The van der Waals surface area contributed by atoms with Gasteiger partial charge in [0.25, 0.3) is 0 Å². The Morgan fingerprint density at radius 3 is 2.58 bits per heavy atom. The number of carbonyl (C=O) groups is 1. The van der Waals surface area contributed by atoms with Crippen LogP contribution in [0.15, 0.2) is 36.4 Å². The summed E-state index contributed by atoms with van der Waals surface area (Å²) in [5.41, 5.74) is 0.927. The molecule has 1 heterocycles. The number of aliphatic hydroxyl groups excluding tert-OH is 2. The second-order valence-electron chi connectivity index (χ2n) is 4.61. The topological polar surface area (TPSA) is 70.0 Å². The fraction of sp³-hybridized carbons (Fsp3) is 0.357. The number of nitrogens with zero attached hydrogens (tertiary/aromatic N) is 1. The van der Waals surface area contributed by atoms with E-state index >= 15 is 0 Å². The van der Waals surface area contributed by atoms with Crippen LogP contribution in [0.3, 0.4) is 0 Å². The Labute approximate surface area is 111 Å². The monoisotopic (exact) mass is 263 g/mol. The molecule has 5 nitrogen and oxygen atoms in total. The first-order valence-electron chi connectivity index (χ1n) is 6.11. The summed E-state index contributed by atoms with van der Waals surface area (Å²) in [6.45, 7) is 5.08. The van der Waals surface area contributed by atoms with Gasteiger partial charge in [-0.25, -0.2) is 4.79 Å². The molecule has 0 bridgehead atoms. The standard InChI is InChI=1S/C14H17NO4/c1-9(2)14(18)19-11-5-3-4-10(8-11)15-12(16)6-7-13(15)17/h3-5,8,12-13,16-17H,1,6-7H2,2H3. The van der Waals surface area contributed by atoms with E-state index in [0.29, 0.717) is 29.9 Å². The summed E-state index contributed by atoms with van der Waals surface area (Å²) in [6.07, 6.45) is -0.419. The Balaban J connectivity index is 2.19. The molecule has 1 aromatic rings. The maximum absolute atomic E-state index is 11.4. The van der Waals surface area contributed by atoms with Gasteiger partial charge >= 0.3 is 5.97 Å². The average molecular weight is 263 g/mol. The van der Waals surface area contributed by atoms with Gasteiger partial charge in [-0.1, -0.05) is 12.6 Å². The lowest BCUT2D eigenvalue weighted by Gasteiger charge is -2.26. The quantitative estimate of drug-likeness (QED) is 0.490. The molecule has 1 aliphatic rings. The van der Waals surface area contributed by atoms with Crippen LogP contribution in [0.1, 0.15) is 19.8 Å². The van der Waals surface area contributed by atoms with E-state index in [1.54, 1.807) is 31.2 Å². The molecular formula is C14H17NO4. The highest BCUT2D eigenvalue weighted by molar-refractivity contribution is 5.88. The molecule has 102 valence electrons. The minimum absolute atomic E-state index is 0.312. The van der Waals surface area contributed by atoms with E-state index in [-0.39, 0.29) is 0 Å². The summed E-state index contributed by atoms with van der Waals surface area (Å²) in [7, 11) is 0. The minimum atomic E-state index is -0.720. The Morgan fingerprint density at radius 1 is 1.37 bits per heavy atom. The minimum Gasteiger partial charge on any atom is -0.423 e. The first-order chi connectivity index (χ1) is 8.99. The van der Waals surface area contributed by atoms with E-state index in [2.05, 4.69) is 6.58 Å². The van der Waals surface area contributed by atoms with Crippen LogP contribution in [-0.4, -0.2) is 28.6 Å². The number of ether oxygens (including phenoxy) is 1. The molecule has 2 atom stereocenters. The Hall–Kier alpha value is -1.85. The van der Waals surface area contributed by atoms with E-state index in [1.807, 2.05) is 0 Å². The van der Waals surface area contributed by atoms with Crippen LogP contribution in [0, 0.1) is 0 Å². The highest BCUT2D eigenvalue weighted by atomic mass is 16.5. The first-order valence-corrected chi connectivity index (χ1v) is 6.11. The summed E-state index contributed by atoms with van der Waals surface area (Å²) in [6, 6.07) is 6.70. The molecule has 19 heavy (non-hydrogen) atoms. The molecule has 2 unspecified atom stereocenters. The SMILES string of the molecule is C=C(C)C(=O)Oc1cccc(N2C(O)CCC2O)c1. The molecule has 0 aromatic heterocycles. The lowest BCUT2D eigenvalue weighted by atomic mass is 10.2. The van der Waals surface area contributed by atoms with Crippen molar-refractivity contribution < 1.29 is 19.7 Å². The Kier molecular flexibility index (Phi) is 3.87. The van der Waals surface area contributed by atoms with Crippen LogP contribution in [0.25, 0.3) is 0 Å². The summed E-state index contributed by atoms with van der Waals surface area (Å²) in [5.74, 6) is -0.142. The lowest BCUT2D eigenvalue weighted by Crippen LogP contribution is -2.35. The molecule has 0 amide bonds. The number of carbonyl (C=O) groups excluding carboxylic acids is 1. The van der Waals surface area contributed by atoms with E-state index < -0.39 is 18.4 Å². The van der Waals surface area contributed by atoms with Crippen LogP contribution in [0.4, 0.5) is 5.69 Å². The number of aliphatic hydroxyl groups is 2. The fourth-order valence-electron chi connectivity index (χ4n) is 2.02. The molecule has 0 saturated carbocycles. The zero-order valence-corrected chi connectivity index (χ0v) is 10.7. The van der Waals surface area contributed by atoms with Crippen molar-refractivity contribution in [2.24, 2.45) is 0 Å². The number of anilines is 1. The van der Waals surface area contributed by atoms with Crippen molar-refractivity contribution >= 4 is 11.7 Å². The largest absolute Gasteiger partial charge is 0.423 e. The maximum atomic E-state index is 11.4. The van der Waals surface area contributed by atoms with Crippen LogP contribution >= 0.6 is 0 Å². The number of hydrogen-bond acceptors (Lipinski definition) is 5. The smallest absolute Gasteiger partial charge is 0.338 e. The zero-order chi connectivity index (χ0) is 14.0. The van der Waals surface area contributed by atoms with Crippen molar-refractivity contribution in [1.82, 2.24) is 0 Å². The van der Waals surface area contributed by atoms with Gasteiger partial charge in [-0.3, -0.25) is 0 Å². The van der Waals surface area contributed by atoms with Gasteiger partial charge in [-0.15, -0.1) is 0 Å². The van der Waals surface area contributed by atoms with Crippen molar-refractivity contribution in [2.75, 3.05) is 4.90 Å². The second kappa shape index (κ2) is 5.42.